The van der Waals surface area contributed by atoms with Gasteiger partial charge in [0.1, 0.15) is 5.54 Å². The van der Waals surface area contributed by atoms with Gasteiger partial charge in [-0.3, -0.25) is 0 Å². The zero-order valence-corrected chi connectivity index (χ0v) is 11.9. The summed E-state index contributed by atoms with van der Waals surface area (Å²) in [5.74, 6) is 1.10. The maximum Gasteiger partial charge on any atom is 0.249 e. The number of nitrogens with zero attached hydrogens (tertiary/aromatic N) is 2. The SMILES string of the molecule is NC1(c2nc(Cc3ccccc3Br)no2)CCOC1. The maximum absolute atomic E-state index is 6.19. The van der Waals surface area contributed by atoms with Crippen molar-refractivity contribution in [1.29, 1.82) is 0 Å². The van der Waals surface area contributed by atoms with Gasteiger partial charge in [-0.1, -0.05) is 39.3 Å². The van der Waals surface area contributed by atoms with E-state index in [2.05, 4.69) is 26.1 Å². The van der Waals surface area contributed by atoms with Crippen LogP contribution in [0.5, 0.6) is 0 Å². The minimum Gasteiger partial charge on any atom is -0.379 e. The van der Waals surface area contributed by atoms with E-state index in [0.29, 0.717) is 37.8 Å². The second-order valence-corrected chi connectivity index (χ2v) is 5.60. The van der Waals surface area contributed by atoms with Crippen molar-refractivity contribution in [2.24, 2.45) is 5.73 Å². The molecule has 2 aromatic rings. The van der Waals surface area contributed by atoms with Gasteiger partial charge in [-0.25, -0.2) is 0 Å². The highest BCUT2D eigenvalue weighted by Crippen LogP contribution is 2.27. The topological polar surface area (TPSA) is 74.2 Å². The number of nitrogens with two attached hydrogens (primary N) is 1. The van der Waals surface area contributed by atoms with Crippen molar-refractivity contribution < 1.29 is 9.26 Å². The molecule has 1 atom stereocenters. The van der Waals surface area contributed by atoms with E-state index in [1.165, 1.54) is 0 Å². The molecule has 0 spiro atoms. The van der Waals surface area contributed by atoms with Crippen LogP contribution in [0.2, 0.25) is 0 Å². The first-order chi connectivity index (χ1) is 9.17. The molecule has 2 heterocycles. The van der Waals surface area contributed by atoms with Crippen LogP contribution in [-0.4, -0.2) is 23.4 Å². The summed E-state index contributed by atoms with van der Waals surface area (Å²) in [6, 6.07) is 7.97. The molecule has 0 saturated carbocycles. The molecule has 1 fully saturated rings. The van der Waals surface area contributed by atoms with Gasteiger partial charge in [0.15, 0.2) is 5.82 Å². The molecule has 0 amide bonds. The summed E-state index contributed by atoms with van der Waals surface area (Å²) >= 11 is 3.51. The monoisotopic (exact) mass is 323 g/mol. The van der Waals surface area contributed by atoms with Crippen molar-refractivity contribution in [2.75, 3.05) is 13.2 Å². The van der Waals surface area contributed by atoms with Crippen LogP contribution in [0.15, 0.2) is 33.3 Å². The van der Waals surface area contributed by atoms with Gasteiger partial charge in [0.25, 0.3) is 0 Å². The lowest BCUT2D eigenvalue weighted by Crippen LogP contribution is -2.37. The van der Waals surface area contributed by atoms with E-state index >= 15 is 0 Å². The molecule has 0 aliphatic carbocycles. The number of hydrogen-bond acceptors (Lipinski definition) is 5. The highest BCUT2D eigenvalue weighted by atomic mass is 79.9. The molecule has 19 heavy (non-hydrogen) atoms. The van der Waals surface area contributed by atoms with Gasteiger partial charge in [0.05, 0.1) is 6.61 Å². The van der Waals surface area contributed by atoms with Gasteiger partial charge < -0.3 is 15.0 Å². The smallest absolute Gasteiger partial charge is 0.249 e. The normalized spacial score (nSPS) is 22.8. The Kier molecular flexibility index (Phi) is 3.38. The first kappa shape index (κ1) is 12.8. The molecule has 1 unspecified atom stereocenters. The zero-order valence-electron chi connectivity index (χ0n) is 10.3. The molecule has 6 heteroatoms. The summed E-state index contributed by atoms with van der Waals surface area (Å²) in [4.78, 5) is 4.40. The number of halogens is 1. The van der Waals surface area contributed by atoms with E-state index in [-0.39, 0.29) is 0 Å². The van der Waals surface area contributed by atoms with E-state index in [1.54, 1.807) is 0 Å². The average Bonchev–Trinajstić information content (AvgIpc) is 3.02. The number of aromatic nitrogens is 2. The molecule has 0 bridgehead atoms. The predicted octanol–water partition coefficient (Wildman–Crippen LogP) is 2.00. The molecule has 3 rings (SSSR count). The van der Waals surface area contributed by atoms with Crippen LogP contribution >= 0.6 is 15.9 Å². The maximum atomic E-state index is 6.19. The van der Waals surface area contributed by atoms with Gasteiger partial charge >= 0.3 is 0 Å². The Hall–Kier alpha value is -1.24. The molecule has 1 aliphatic heterocycles. The summed E-state index contributed by atoms with van der Waals surface area (Å²) in [5, 5.41) is 4.00. The van der Waals surface area contributed by atoms with Gasteiger partial charge in [0, 0.05) is 17.5 Å². The molecule has 1 aliphatic rings. The largest absolute Gasteiger partial charge is 0.379 e. The second kappa shape index (κ2) is 5.03. The minimum absolute atomic E-state index is 0.434. The summed E-state index contributed by atoms with van der Waals surface area (Å²) in [6.45, 7) is 1.07. The first-order valence-corrected chi connectivity index (χ1v) is 6.90. The Labute approximate surface area is 119 Å². The van der Waals surface area contributed by atoms with E-state index in [0.717, 1.165) is 10.0 Å². The first-order valence-electron chi connectivity index (χ1n) is 6.10. The second-order valence-electron chi connectivity index (χ2n) is 4.74. The van der Waals surface area contributed by atoms with E-state index in [4.69, 9.17) is 15.0 Å². The summed E-state index contributed by atoms with van der Waals surface area (Å²) in [7, 11) is 0. The third kappa shape index (κ3) is 2.56. The van der Waals surface area contributed by atoms with Crippen LogP contribution in [0.1, 0.15) is 23.7 Å². The Balaban J connectivity index is 1.80. The summed E-state index contributed by atoms with van der Waals surface area (Å²) in [6.07, 6.45) is 1.32. The number of hydrogen-bond donors (Lipinski definition) is 1. The van der Waals surface area contributed by atoms with Crippen molar-refractivity contribution in [3.63, 3.8) is 0 Å². The van der Waals surface area contributed by atoms with Gasteiger partial charge in [-0.15, -0.1) is 0 Å². The number of benzene rings is 1. The van der Waals surface area contributed by atoms with Gasteiger partial charge in [-0.05, 0) is 18.1 Å². The van der Waals surface area contributed by atoms with Crippen molar-refractivity contribution in [3.8, 4) is 0 Å². The van der Waals surface area contributed by atoms with E-state index in [1.807, 2.05) is 24.3 Å². The van der Waals surface area contributed by atoms with Crippen molar-refractivity contribution >= 4 is 15.9 Å². The van der Waals surface area contributed by atoms with Crippen LogP contribution in [0.25, 0.3) is 0 Å². The Morgan fingerprint density at radius 2 is 2.21 bits per heavy atom. The highest BCUT2D eigenvalue weighted by Gasteiger charge is 2.38. The lowest BCUT2D eigenvalue weighted by molar-refractivity contribution is 0.166. The molecule has 1 aromatic carbocycles. The van der Waals surface area contributed by atoms with Crippen LogP contribution in [0, 0.1) is 0 Å². The van der Waals surface area contributed by atoms with E-state index < -0.39 is 5.54 Å². The molecule has 0 radical (unpaired) electrons. The molecule has 100 valence electrons. The highest BCUT2D eigenvalue weighted by molar-refractivity contribution is 9.10. The lowest BCUT2D eigenvalue weighted by atomic mass is 10.0. The molecule has 1 aromatic heterocycles. The third-order valence-electron chi connectivity index (χ3n) is 3.25. The standard InChI is InChI=1S/C13H14BrN3O2/c14-10-4-2-1-3-9(10)7-11-16-12(19-17-11)13(15)5-6-18-8-13/h1-4H,5-8,15H2. The number of ether oxygens (including phenoxy) is 1. The predicted molar refractivity (Wildman–Crippen MR) is 72.5 cm³/mol. The Morgan fingerprint density at radius 3 is 2.95 bits per heavy atom. The fraction of sp³-hybridized carbons (Fsp3) is 0.385. The number of rotatable bonds is 3. The summed E-state index contributed by atoms with van der Waals surface area (Å²) in [5.41, 5.74) is 6.68. The third-order valence-corrected chi connectivity index (χ3v) is 4.03. The average molecular weight is 324 g/mol. The van der Waals surface area contributed by atoms with Crippen LogP contribution in [0.3, 0.4) is 0 Å². The lowest BCUT2D eigenvalue weighted by Gasteiger charge is -2.15. The Bertz CT molecular complexity index is 579. The van der Waals surface area contributed by atoms with Crippen LogP contribution in [0.4, 0.5) is 0 Å². The molecular weight excluding hydrogens is 310 g/mol. The molecular formula is C13H14BrN3O2. The quantitative estimate of drug-likeness (QED) is 0.935. The van der Waals surface area contributed by atoms with Crippen molar-refractivity contribution in [1.82, 2.24) is 10.1 Å². The Morgan fingerprint density at radius 1 is 1.37 bits per heavy atom. The van der Waals surface area contributed by atoms with Gasteiger partial charge in [-0.2, -0.15) is 4.98 Å². The fourth-order valence-corrected chi connectivity index (χ4v) is 2.51. The molecule has 2 N–H and O–H groups in total. The van der Waals surface area contributed by atoms with Crippen LogP contribution in [-0.2, 0) is 16.7 Å². The summed E-state index contributed by atoms with van der Waals surface area (Å²) < 4.78 is 11.6. The van der Waals surface area contributed by atoms with Crippen molar-refractivity contribution in [2.45, 2.75) is 18.4 Å². The zero-order chi connectivity index (χ0) is 13.3. The van der Waals surface area contributed by atoms with E-state index in [9.17, 15) is 0 Å². The van der Waals surface area contributed by atoms with Crippen LogP contribution < -0.4 is 5.73 Å². The fourth-order valence-electron chi connectivity index (χ4n) is 2.09. The minimum atomic E-state index is -0.626. The van der Waals surface area contributed by atoms with Gasteiger partial charge in [0.2, 0.25) is 5.89 Å². The molecule has 1 saturated heterocycles. The molecule has 5 nitrogen and oxygen atoms in total. The van der Waals surface area contributed by atoms with Crippen molar-refractivity contribution in [3.05, 3.63) is 46.0 Å².